The van der Waals surface area contributed by atoms with E-state index in [0.717, 1.165) is 19.3 Å². The zero-order valence-corrected chi connectivity index (χ0v) is 12.4. The molecule has 21 heavy (non-hydrogen) atoms. The van der Waals surface area contributed by atoms with Crippen LogP contribution in [0.1, 0.15) is 31.7 Å². The normalized spacial score (nSPS) is 16.8. The van der Waals surface area contributed by atoms with Crippen molar-refractivity contribution in [1.29, 1.82) is 5.26 Å². The zero-order chi connectivity index (χ0) is 15.1. The maximum Gasteiger partial charge on any atom is 0.243 e. The van der Waals surface area contributed by atoms with E-state index >= 15 is 0 Å². The lowest BCUT2D eigenvalue weighted by Crippen LogP contribution is -2.30. The summed E-state index contributed by atoms with van der Waals surface area (Å²) in [5.41, 5.74) is 0.795. The van der Waals surface area contributed by atoms with E-state index in [1.807, 2.05) is 6.07 Å². The van der Waals surface area contributed by atoms with Gasteiger partial charge in [0.15, 0.2) is 5.65 Å². The van der Waals surface area contributed by atoms with Gasteiger partial charge in [0.05, 0.1) is 18.6 Å². The Kier molecular flexibility index (Phi) is 3.19. The number of hydrogen-bond acceptors (Lipinski definition) is 5. The highest BCUT2D eigenvalue weighted by atomic mass is 32.2. The Morgan fingerprint density at radius 1 is 1.48 bits per heavy atom. The third-order valence-corrected chi connectivity index (χ3v) is 5.46. The van der Waals surface area contributed by atoms with Crippen molar-refractivity contribution in [2.45, 2.75) is 31.1 Å². The molecule has 1 fully saturated rings. The van der Waals surface area contributed by atoms with E-state index in [0.29, 0.717) is 17.8 Å². The molecule has 2 aromatic heterocycles. The molecule has 8 heteroatoms. The van der Waals surface area contributed by atoms with Gasteiger partial charge in [-0.3, -0.25) is 0 Å². The van der Waals surface area contributed by atoms with Crippen molar-refractivity contribution < 1.29 is 8.42 Å². The average molecular weight is 305 g/mol. The van der Waals surface area contributed by atoms with Gasteiger partial charge in [-0.1, -0.05) is 6.92 Å². The molecule has 110 valence electrons. The van der Waals surface area contributed by atoms with E-state index in [2.05, 4.69) is 21.7 Å². The molecule has 0 unspecified atom stereocenters. The molecule has 1 saturated carbocycles. The summed E-state index contributed by atoms with van der Waals surface area (Å²) < 4.78 is 28.5. The second-order valence-electron chi connectivity index (χ2n) is 5.41. The predicted molar refractivity (Wildman–Crippen MR) is 74.8 cm³/mol. The van der Waals surface area contributed by atoms with E-state index in [9.17, 15) is 8.42 Å². The van der Waals surface area contributed by atoms with Crippen LogP contribution in [-0.2, 0) is 10.0 Å². The molecule has 0 aromatic carbocycles. The van der Waals surface area contributed by atoms with E-state index in [4.69, 9.17) is 5.26 Å². The minimum atomic E-state index is -3.61. The summed E-state index contributed by atoms with van der Waals surface area (Å²) in [7, 11) is -3.61. The number of nitrogens with one attached hydrogen (secondary N) is 1. The first kappa shape index (κ1) is 14.0. The second kappa shape index (κ2) is 4.79. The summed E-state index contributed by atoms with van der Waals surface area (Å²) in [6.07, 6.45) is 7.09. The van der Waals surface area contributed by atoms with Crippen LogP contribution in [0.3, 0.4) is 0 Å². The van der Waals surface area contributed by atoms with Gasteiger partial charge in [-0.05, 0) is 24.7 Å². The van der Waals surface area contributed by atoms with Crippen LogP contribution in [0.15, 0.2) is 23.5 Å². The third kappa shape index (κ3) is 2.50. The van der Waals surface area contributed by atoms with Crippen LogP contribution in [0.25, 0.3) is 5.65 Å². The Bertz CT molecular complexity index is 830. The fourth-order valence-corrected chi connectivity index (χ4v) is 3.33. The van der Waals surface area contributed by atoms with Crippen molar-refractivity contribution in [2.75, 3.05) is 6.54 Å². The van der Waals surface area contributed by atoms with Crippen LogP contribution >= 0.6 is 0 Å². The van der Waals surface area contributed by atoms with Crippen LogP contribution in [-0.4, -0.2) is 29.6 Å². The number of hydrogen-bond donors (Lipinski definition) is 1. The van der Waals surface area contributed by atoms with Gasteiger partial charge in [-0.25, -0.2) is 22.6 Å². The maximum atomic E-state index is 12.3. The van der Waals surface area contributed by atoms with Gasteiger partial charge in [0, 0.05) is 6.54 Å². The number of nitrogens with zero attached hydrogens (tertiary/aromatic N) is 4. The Morgan fingerprint density at radius 3 is 2.86 bits per heavy atom. The van der Waals surface area contributed by atoms with Gasteiger partial charge in [0.25, 0.3) is 0 Å². The van der Waals surface area contributed by atoms with Crippen LogP contribution in [0.5, 0.6) is 0 Å². The van der Waals surface area contributed by atoms with Crippen molar-refractivity contribution in [3.8, 4) is 6.07 Å². The second-order valence-corrected chi connectivity index (χ2v) is 7.17. The van der Waals surface area contributed by atoms with Crippen molar-refractivity contribution in [2.24, 2.45) is 5.41 Å². The number of fused-ring (bicyclic) bond motifs is 1. The Labute approximate surface area is 122 Å². The Morgan fingerprint density at radius 2 is 2.24 bits per heavy atom. The van der Waals surface area contributed by atoms with Crippen molar-refractivity contribution >= 4 is 15.7 Å². The SMILES string of the molecule is CCC1(CNS(=O)(=O)c2cnc3c(C#N)cnn3c2)CC1. The molecule has 0 amide bonds. The first-order chi connectivity index (χ1) is 10.00. The highest BCUT2D eigenvalue weighted by Gasteiger charge is 2.41. The van der Waals surface area contributed by atoms with Crippen molar-refractivity contribution in [3.63, 3.8) is 0 Å². The Balaban J connectivity index is 1.87. The van der Waals surface area contributed by atoms with Gasteiger partial charge in [-0.15, -0.1) is 0 Å². The monoisotopic (exact) mass is 305 g/mol. The number of aromatic nitrogens is 3. The number of nitriles is 1. The summed E-state index contributed by atoms with van der Waals surface area (Å²) in [6, 6.07) is 1.96. The standard InChI is InChI=1S/C13H15N5O2S/c1-2-13(3-4-13)9-17-21(19,20)11-7-15-12-10(5-14)6-16-18(12)8-11/h6-8,17H,2-4,9H2,1H3. The first-order valence-electron chi connectivity index (χ1n) is 6.73. The van der Waals surface area contributed by atoms with E-state index in [-0.39, 0.29) is 10.3 Å². The van der Waals surface area contributed by atoms with Gasteiger partial charge in [0.2, 0.25) is 10.0 Å². The highest BCUT2D eigenvalue weighted by molar-refractivity contribution is 7.89. The molecule has 0 spiro atoms. The third-order valence-electron chi connectivity index (χ3n) is 4.11. The molecule has 0 atom stereocenters. The molecule has 3 rings (SSSR count). The number of sulfonamides is 1. The smallest absolute Gasteiger partial charge is 0.234 e. The number of rotatable bonds is 5. The predicted octanol–water partition coefficient (Wildman–Crippen LogP) is 1.07. The van der Waals surface area contributed by atoms with Gasteiger partial charge >= 0.3 is 0 Å². The lowest BCUT2D eigenvalue weighted by Gasteiger charge is -2.13. The molecule has 0 saturated heterocycles. The summed E-state index contributed by atoms with van der Waals surface area (Å²) in [5, 5.41) is 12.8. The van der Waals surface area contributed by atoms with Gasteiger partial charge in [0.1, 0.15) is 16.5 Å². The van der Waals surface area contributed by atoms with Crippen LogP contribution in [0.4, 0.5) is 0 Å². The molecular weight excluding hydrogens is 290 g/mol. The van der Waals surface area contributed by atoms with Crippen LogP contribution in [0.2, 0.25) is 0 Å². The zero-order valence-electron chi connectivity index (χ0n) is 11.6. The molecule has 7 nitrogen and oxygen atoms in total. The Hall–Kier alpha value is -1.98. The van der Waals surface area contributed by atoms with Crippen molar-refractivity contribution in [3.05, 3.63) is 24.2 Å². The van der Waals surface area contributed by atoms with Crippen molar-refractivity contribution in [1.82, 2.24) is 19.3 Å². The van der Waals surface area contributed by atoms with Gasteiger partial charge in [-0.2, -0.15) is 10.4 Å². The van der Waals surface area contributed by atoms with Crippen LogP contribution < -0.4 is 4.72 Å². The summed E-state index contributed by atoms with van der Waals surface area (Å²) in [6.45, 7) is 2.52. The molecule has 0 bridgehead atoms. The molecule has 1 aliphatic carbocycles. The van der Waals surface area contributed by atoms with Gasteiger partial charge < -0.3 is 0 Å². The average Bonchev–Trinajstić information content (AvgIpc) is 3.16. The minimum absolute atomic E-state index is 0.0505. The minimum Gasteiger partial charge on any atom is -0.234 e. The first-order valence-corrected chi connectivity index (χ1v) is 8.21. The van der Waals surface area contributed by atoms with E-state index < -0.39 is 10.0 Å². The van der Waals surface area contributed by atoms with Crippen LogP contribution in [0, 0.1) is 16.7 Å². The fraction of sp³-hybridized carbons (Fsp3) is 0.462. The van der Waals surface area contributed by atoms with E-state index in [1.54, 1.807) is 0 Å². The lowest BCUT2D eigenvalue weighted by atomic mass is 10.1. The molecule has 1 aliphatic rings. The fourth-order valence-electron chi connectivity index (χ4n) is 2.24. The maximum absolute atomic E-state index is 12.3. The molecule has 2 heterocycles. The van der Waals surface area contributed by atoms with E-state index in [1.165, 1.54) is 23.1 Å². The largest absolute Gasteiger partial charge is 0.243 e. The summed E-state index contributed by atoms with van der Waals surface area (Å²) >= 11 is 0. The molecule has 0 aliphatic heterocycles. The molecule has 1 N–H and O–H groups in total. The topological polar surface area (TPSA) is 100 Å². The quantitative estimate of drug-likeness (QED) is 0.890. The highest BCUT2D eigenvalue weighted by Crippen LogP contribution is 2.48. The summed E-state index contributed by atoms with van der Waals surface area (Å²) in [5.74, 6) is 0. The molecule has 2 aromatic rings. The lowest BCUT2D eigenvalue weighted by molar-refractivity contribution is 0.475. The molecule has 0 radical (unpaired) electrons. The molecular formula is C13H15N5O2S. The summed E-state index contributed by atoms with van der Waals surface area (Å²) in [4.78, 5) is 4.07.